The first kappa shape index (κ1) is 15.1. The van der Waals surface area contributed by atoms with Crippen molar-refractivity contribution in [3.8, 4) is 0 Å². The molecule has 2 aliphatic heterocycles. The van der Waals surface area contributed by atoms with Crippen LogP contribution in [0.2, 0.25) is 0 Å². The van der Waals surface area contributed by atoms with Crippen molar-refractivity contribution in [2.45, 2.75) is 19.9 Å². The summed E-state index contributed by atoms with van der Waals surface area (Å²) in [5.74, 6) is 1.67. The number of amides is 1. The second kappa shape index (κ2) is 5.69. The summed E-state index contributed by atoms with van der Waals surface area (Å²) in [5.41, 5.74) is 4.17. The summed E-state index contributed by atoms with van der Waals surface area (Å²) in [7, 11) is 0. The third-order valence-corrected chi connectivity index (χ3v) is 5.02. The number of carbonyl (C=O) groups is 1. The van der Waals surface area contributed by atoms with E-state index in [2.05, 4.69) is 26.3 Å². The van der Waals surface area contributed by atoms with Gasteiger partial charge in [-0.15, -0.1) is 15.3 Å². The summed E-state index contributed by atoms with van der Waals surface area (Å²) in [6.07, 6.45) is 0.604. The lowest BCUT2D eigenvalue weighted by molar-refractivity contribution is 0.181. The van der Waals surface area contributed by atoms with Crippen molar-refractivity contribution >= 4 is 23.2 Å². The zero-order chi connectivity index (χ0) is 17.7. The first-order valence-electron chi connectivity index (χ1n) is 8.70. The average molecular weight is 350 g/mol. The van der Waals surface area contributed by atoms with Gasteiger partial charge in [0.1, 0.15) is 12.4 Å². The van der Waals surface area contributed by atoms with Crippen molar-refractivity contribution in [3.63, 3.8) is 0 Å². The maximum absolute atomic E-state index is 11.9. The highest BCUT2D eigenvalue weighted by molar-refractivity contribution is 5.90. The minimum absolute atomic E-state index is 0.254. The van der Waals surface area contributed by atoms with Crippen molar-refractivity contribution in [1.29, 1.82) is 0 Å². The molecule has 0 aliphatic carbocycles. The summed E-state index contributed by atoms with van der Waals surface area (Å²) in [4.78, 5) is 15.9. The molecular weight excluding hydrogens is 332 g/mol. The van der Waals surface area contributed by atoms with Crippen molar-refractivity contribution < 1.29 is 9.53 Å². The van der Waals surface area contributed by atoms with Gasteiger partial charge in [0.2, 0.25) is 0 Å². The Labute approximate surface area is 150 Å². The van der Waals surface area contributed by atoms with Crippen molar-refractivity contribution in [3.05, 3.63) is 47.3 Å². The zero-order valence-corrected chi connectivity index (χ0v) is 14.4. The number of rotatable bonds is 2. The van der Waals surface area contributed by atoms with E-state index in [1.54, 1.807) is 9.42 Å². The van der Waals surface area contributed by atoms with E-state index in [0.29, 0.717) is 13.2 Å². The van der Waals surface area contributed by atoms with E-state index in [1.807, 2.05) is 31.2 Å². The molecule has 0 atom stereocenters. The minimum atomic E-state index is -0.254. The molecule has 1 amide bonds. The van der Waals surface area contributed by atoms with E-state index in [-0.39, 0.29) is 6.09 Å². The Bertz CT molecular complexity index is 1010. The van der Waals surface area contributed by atoms with Crippen LogP contribution < -0.4 is 9.80 Å². The highest BCUT2D eigenvalue weighted by atomic mass is 16.6. The maximum atomic E-state index is 11.9. The highest BCUT2D eigenvalue weighted by Crippen LogP contribution is 2.32. The predicted octanol–water partition coefficient (Wildman–Crippen LogP) is 1.95. The number of aryl methyl sites for hydroxylation is 1. The number of benzene rings is 1. The standard InChI is InChI=1S/C18H18N6O2/c1-12-19-20-16-5-6-17(21-24(12)16)22-8-7-14-13(11-22)3-2-4-15(14)23-9-10-26-18(23)25/h2-6H,7-11H2,1H3. The Balaban J connectivity index is 1.48. The monoisotopic (exact) mass is 350 g/mol. The number of nitrogens with zero attached hydrogens (tertiary/aromatic N) is 6. The number of anilines is 2. The van der Waals surface area contributed by atoms with Gasteiger partial charge in [0.05, 0.1) is 12.2 Å². The average Bonchev–Trinajstić information content (AvgIpc) is 3.26. The Morgan fingerprint density at radius 1 is 1.12 bits per heavy atom. The molecule has 2 aromatic heterocycles. The Morgan fingerprint density at radius 2 is 2.04 bits per heavy atom. The van der Waals surface area contributed by atoms with Gasteiger partial charge < -0.3 is 9.64 Å². The van der Waals surface area contributed by atoms with Gasteiger partial charge in [0.15, 0.2) is 11.5 Å². The molecule has 0 bridgehead atoms. The van der Waals surface area contributed by atoms with Crippen molar-refractivity contribution in [1.82, 2.24) is 19.8 Å². The van der Waals surface area contributed by atoms with Gasteiger partial charge >= 0.3 is 6.09 Å². The SMILES string of the molecule is Cc1nnc2ccc(N3CCc4c(cccc4N4CCOC4=O)C3)nn12. The van der Waals surface area contributed by atoms with Gasteiger partial charge in [0, 0.05) is 13.1 Å². The third kappa shape index (κ3) is 2.29. The molecule has 1 fully saturated rings. The van der Waals surface area contributed by atoms with Crippen molar-refractivity contribution in [2.24, 2.45) is 0 Å². The summed E-state index contributed by atoms with van der Waals surface area (Å²) < 4.78 is 6.86. The van der Waals surface area contributed by atoms with Crippen LogP contribution in [0.5, 0.6) is 0 Å². The van der Waals surface area contributed by atoms with Crippen LogP contribution in [0.1, 0.15) is 17.0 Å². The van der Waals surface area contributed by atoms with Gasteiger partial charge in [-0.2, -0.15) is 4.52 Å². The van der Waals surface area contributed by atoms with Crippen LogP contribution in [0.4, 0.5) is 16.3 Å². The molecule has 0 saturated carbocycles. The normalized spacial score (nSPS) is 16.9. The van der Waals surface area contributed by atoms with Crippen LogP contribution in [0.3, 0.4) is 0 Å². The van der Waals surface area contributed by atoms with Gasteiger partial charge in [-0.3, -0.25) is 4.90 Å². The Hall–Kier alpha value is -3.16. The third-order valence-electron chi connectivity index (χ3n) is 5.02. The summed E-state index contributed by atoms with van der Waals surface area (Å²) in [5, 5.41) is 12.8. The summed E-state index contributed by atoms with van der Waals surface area (Å²) in [6, 6.07) is 10.1. The molecule has 3 aromatic rings. The van der Waals surface area contributed by atoms with E-state index in [9.17, 15) is 4.79 Å². The van der Waals surface area contributed by atoms with E-state index in [1.165, 1.54) is 11.1 Å². The fourth-order valence-corrected chi connectivity index (χ4v) is 3.71. The number of aromatic nitrogens is 4. The van der Waals surface area contributed by atoms with Crippen molar-refractivity contribution in [2.75, 3.05) is 29.5 Å². The molecule has 1 saturated heterocycles. The summed E-state index contributed by atoms with van der Waals surface area (Å²) >= 11 is 0. The molecule has 0 spiro atoms. The number of ether oxygens (including phenoxy) is 1. The number of carbonyl (C=O) groups excluding carboxylic acids is 1. The fourth-order valence-electron chi connectivity index (χ4n) is 3.71. The van der Waals surface area contributed by atoms with Crippen LogP contribution in [0.15, 0.2) is 30.3 Å². The number of fused-ring (bicyclic) bond motifs is 2. The van der Waals surface area contributed by atoms with E-state index in [0.717, 1.165) is 42.5 Å². The quantitative estimate of drug-likeness (QED) is 0.703. The first-order chi connectivity index (χ1) is 12.7. The molecule has 8 nitrogen and oxygen atoms in total. The number of hydrogen-bond acceptors (Lipinski definition) is 6. The second-order valence-corrected chi connectivity index (χ2v) is 6.56. The van der Waals surface area contributed by atoms with E-state index in [4.69, 9.17) is 4.74 Å². The van der Waals surface area contributed by atoms with Crippen LogP contribution in [-0.2, 0) is 17.7 Å². The van der Waals surface area contributed by atoms with Crippen LogP contribution in [0, 0.1) is 6.92 Å². The highest BCUT2D eigenvalue weighted by Gasteiger charge is 2.28. The molecule has 0 radical (unpaired) electrons. The molecule has 26 heavy (non-hydrogen) atoms. The maximum Gasteiger partial charge on any atom is 0.414 e. The molecule has 8 heteroatoms. The zero-order valence-electron chi connectivity index (χ0n) is 14.4. The molecular formula is C18H18N6O2. The smallest absolute Gasteiger partial charge is 0.414 e. The molecule has 132 valence electrons. The van der Waals surface area contributed by atoms with Gasteiger partial charge in [0.25, 0.3) is 0 Å². The topological polar surface area (TPSA) is 75.9 Å². The lowest BCUT2D eigenvalue weighted by Gasteiger charge is -2.32. The molecule has 5 rings (SSSR count). The summed E-state index contributed by atoms with van der Waals surface area (Å²) in [6.45, 7) is 4.56. The lowest BCUT2D eigenvalue weighted by atomic mass is 9.97. The molecule has 1 aromatic carbocycles. The lowest BCUT2D eigenvalue weighted by Crippen LogP contribution is -2.33. The second-order valence-electron chi connectivity index (χ2n) is 6.56. The first-order valence-corrected chi connectivity index (χ1v) is 8.70. The molecule has 2 aliphatic rings. The number of hydrogen-bond donors (Lipinski definition) is 0. The van der Waals surface area contributed by atoms with Crippen LogP contribution >= 0.6 is 0 Å². The Kier molecular flexibility index (Phi) is 3.31. The fraction of sp³-hybridized carbons (Fsp3) is 0.333. The Morgan fingerprint density at radius 3 is 2.88 bits per heavy atom. The van der Waals surface area contributed by atoms with Crippen LogP contribution in [0.25, 0.3) is 5.65 Å². The largest absolute Gasteiger partial charge is 0.447 e. The minimum Gasteiger partial charge on any atom is -0.447 e. The molecule has 0 unspecified atom stereocenters. The van der Waals surface area contributed by atoms with Gasteiger partial charge in [-0.05, 0) is 42.7 Å². The van der Waals surface area contributed by atoms with E-state index < -0.39 is 0 Å². The van der Waals surface area contributed by atoms with E-state index >= 15 is 0 Å². The van der Waals surface area contributed by atoms with Crippen LogP contribution in [-0.4, -0.2) is 45.6 Å². The molecule has 0 N–H and O–H groups in total. The van der Waals surface area contributed by atoms with Gasteiger partial charge in [-0.1, -0.05) is 12.1 Å². The molecule has 4 heterocycles. The van der Waals surface area contributed by atoms with Gasteiger partial charge in [-0.25, -0.2) is 4.79 Å². The predicted molar refractivity (Wildman–Crippen MR) is 95.4 cm³/mol. The number of cyclic esters (lactones) is 1.